The Hall–Kier alpha value is -3.21. The number of aryl methyl sites for hydroxylation is 1. The van der Waals surface area contributed by atoms with E-state index in [1.54, 1.807) is 12.1 Å². The number of hydrogen-bond donors (Lipinski definition) is 3. The molecule has 10 heteroatoms. The lowest BCUT2D eigenvalue weighted by Crippen LogP contribution is -2.25. The van der Waals surface area contributed by atoms with E-state index >= 15 is 0 Å². The van der Waals surface area contributed by atoms with Gasteiger partial charge in [0.2, 0.25) is 10.0 Å². The van der Waals surface area contributed by atoms with Crippen LogP contribution in [0.25, 0.3) is 0 Å². The van der Waals surface area contributed by atoms with E-state index in [4.69, 9.17) is 0 Å². The van der Waals surface area contributed by atoms with Crippen LogP contribution in [0.3, 0.4) is 0 Å². The average Bonchev–Trinajstić information content (AvgIpc) is 2.78. The van der Waals surface area contributed by atoms with Crippen molar-refractivity contribution in [1.82, 2.24) is 10.0 Å². The second-order valence-electron chi connectivity index (χ2n) is 7.00. The summed E-state index contributed by atoms with van der Waals surface area (Å²) < 4.78 is 54.3. The predicted octanol–water partition coefficient (Wildman–Crippen LogP) is 2.63. The number of benzene rings is 3. The van der Waals surface area contributed by atoms with Crippen LogP contribution >= 0.6 is 0 Å². The van der Waals surface area contributed by atoms with Crippen molar-refractivity contribution in [1.29, 1.82) is 0 Å². The number of para-hydroxylation sites is 1. The van der Waals surface area contributed by atoms with Crippen molar-refractivity contribution in [3.63, 3.8) is 0 Å². The molecule has 0 aromatic heterocycles. The third-order valence-corrected chi connectivity index (χ3v) is 7.46. The van der Waals surface area contributed by atoms with E-state index in [0.29, 0.717) is 0 Å². The fraction of sp³-hybridized carbons (Fsp3) is 0.136. The van der Waals surface area contributed by atoms with Crippen LogP contribution in [0.15, 0.2) is 82.6 Å². The molecule has 168 valence electrons. The van der Waals surface area contributed by atoms with Crippen molar-refractivity contribution in [3.05, 3.63) is 89.5 Å². The van der Waals surface area contributed by atoms with Crippen LogP contribution in [0, 0.1) is 6.92 Å². The molecule has 0 saturated carbocycles. The predicted molar refractivity (Wildman–Crippen MR) is 122 cm³/mol. The molecule has 0 atom stereocenters. The van der Waals surface area contributed by atoms with Gasteiger partial charge in [-0.25, -0.2) is 21.6 Å². The van der Waals surface area contributed by atoms with E-state index in [1.165, 1.54) is 37.4 Å². The highest BCUT2D eigenvalue weighted by molar-refractivity contribution is 7.93. The summed E-state index contributed by atoms with van der Waals surface area (Å²) >= 11 is 0. The zero-order valence-electron chi connectivity index (χ0n) is 17.5. The lowest BCUT2D eigenvalue weighted by molar-refractivity contribution is 0.0952. The molecule has 0 heterocycles. The van der Waals surface area contributed by atoms with Gasteiger partial charge in [0.05, 0.1) is 21.0 Å². The van der Waals surface area contributed by atoms with E-state index in [9.17, 15) is 21.6 Å². The molecule has 0 aliphatic rings. The molecule has 0 aliphatic carbocycles. The zero-order valence-corrected chi connectivity index (χ0v) is 19.1. The molecule has 0 fully saturated rings. The molecule has 8 nitrogen and oxygen atoms in total. The van der Waals surface area contributed by atoms with Crippen LogP contribution in [-0.2, 0) is 26.6 Å². The monoisotopic (exact) mass is 473 g/mol. The summed E-state index contributed by atoms with van der Waals surface area (Å²) in [5.74, 6) is -0.449. The van der Waals surface area contributed by atoms with Gasteiger partial charge in [-0.05, 0) is 49.9 Å². The number of rotatable bonds is 8. The normalized spacial score (nSPS) is 11.7. The zero-order chi connectivity index (χ0) is 23.4. The standard InChI is InChI=1S/C22H23N3O5S2/c1-16-10-12-17(13-11-16)15-24-22(26)20-8-3-4-9-21(20)25-32(29,30)19-7-5-6-18(14-19)31(27,28)23-2/h3-14,23,25H,15H2,1-2H3,(H,24,26). The number of hydrogen-bond acceptors (Lipinski definition) is 5. The van der Waals surface area contributed by atoms with Crippen LogP contribution in [0.5, 0.6) is 0 Å². The first kappa shape index (κ1) is 23.5. The molecule has 3 aromatic carbocycles. The third-order valence-electron chi connectivity index (χ3n) is 4.68. The van der Waals surface area contributed by atoms with Crippen LogP contribution < -0.4 is 14.8 Å². The van der Waals surface area contributed by atoms with E-state index in [0.717, 1.165) is 17.2 Å². The quantitative estimate of drug-likeness (QED) is 0.464. The summed E-state index contributed by atoms with van der Waals surface area (Å²) in [5.41, 5.74) is 2.23. The summed E-state index contributed by atoms with van der Waals surface area (Å²) in [6, 6.07) is 18.8. The van der Waals surface area contributed by atoms with Gasteiger partial charge in [0.15, 0.2) is 0 Å². The summed E-state index contributed by atoms with van der Waals surface area (Å²) in [5, 5.41) is 2.78. The van der Waals surface area contributed by atoms with Crippen molar-refractivity contribution in [2.45, 2.75) is 23.3 Å². The van der Waals surface area contributed by atoms with Crippen LogP contribution in [0.2, 0.25) is 0 Å². The van der Waals surface area contributed by atoms with Crippen LogP contribution in [0.4, 0.5) is 5.69 Å². The maximum absolute atomic E-state index is 12.9. The van der Waals surface area contributed by atoms with Crippen molar-refractivity contribution >= 4 is 31.6 Å². The van der Waals surface area contributed by atoms with Gasteiger partial charge in [0, 0.05) is 6.54 Å². The first-order valence-corrected chi connectivity index (χ1v) is 12.6. The Balaban J connectivity index is 1.83. The summed E-state index contributed by atoms with van der Waals surface area (Å²) in [7, 11) is -6.74. The van der Waals surface area contributed by atoms with E-state index in [-0.39, 0.29) is 27.6 Å². The van der Waals surface area contributed by atoms with Gasteiger partial charge >= 0.3 is 0 Å². The maximum atomic E-state index is 12.9. The highest BCUT2D eigenvalue weighted by Crippen LogP contribution is 2.22. The summed E-state index contributed by atoms with van der Waals surface area (Å²) in [6.07, 6.45) is 0. The van der Waals surface area contributed by atoms with Gasteiger partial charge in [-0.3, -0.25) is 9.52 Å². The molecule has 32 heavy (non-hydrogen) atoms. The second kappa shape index (κ2) is 9.51. The Morgan fingerprint density at radius 2 is 1.44 bits per heavy atom. The topological polar surface area (TPSA) is 121 Å². The summed E-state index contributed by atoms with van der Waals surface area (Å²) in [4.78, 5) is 12.3. The Labute approximate surface area is 187 Å². The van der Waals surface area contributed by atoms with Gasteiger partial charge in [0.1, 0.15) is 0 Å². The molecule has 3 N–H and O–H groups in total. The Morgan fingerprint density at radius 1 is 0.812 bits per heavy atom. The minimum Gasteiger partial charge on any atom is -0.348 e. The van der Waals surface area contributed by atoms with Crippen molar-refractivity contribution in [2.24, 2.45) is 0 Å². The van der Waals surface area contributed by atoms with Gasteiger partial charge in [-0.15, -0.1) is 0 Å². The van der Waals surface area contributed by atoms with Crippen molar-refractivity contribution < 1.29 is 21.6 Å². The number of nitrogens with one attached hydrogen (secondary N) is 3. The molecular weight excluding hydrogens is 450 g/mol. The molecule has 0 aliphatic heterocycles. The highest BCUT2D eigenvalue weighted by atomic mass is 32.2. The molecule has 3 rings (SSSR count). The number of carbonyl (C=O) groups excluding carboxylic acids is 1. The molecule has 0 radical (unpaired) electrons. The molecule has 3 aromatic rings. The minimum absolute atomic E-state index is 0.0794. The second-order valence-corrected chi connectivity index (χ2v) is 10.6. The minimum atomic E-state index is -4.15. The van der Waals surface area contributed by atoms with E-state index in [1.807, 2.05) is 31.2 Å². The van der Waals surface area contributed by atoms with Gasteiger partial charge in [-0.1, -0.05) is 48.0 Å². The van der Waals surface area contributed by atoms with Gasteiger partial charge < -0.3 is 5.32 Å². The Morgan fingerprint density at radius 3 is 2.09 bits per heavy atom. The fourth-order valence-corrected chi connectivity index (χ4v) is 4.86. The Bertz CT molecular complexity index is 1340. The number of anilines is 1. The Kier molecular flexibility index (Phi) is 6.97. The van der Waals surface area contributed by atoms with Gasteiger partial charge in [0.25, 0.3) is 15.9 Å². The lowest BCUT2D eigenvalue weighted by Gasteiger charge is -2.13. The average molecular weight is 474 g/mol. The highest BCUT2D eigenvalue weighted by Gasteiger charge is 2.21. The van der Waals surface area contributed by atoms with Crippen LogP contribution in [-0.4, -0.2) is 29.8 Å². The molecule has 0 unspecified atom stereocenters. The van der Waals surface area contributed by atoms with Crippen molar-refractivity contribution in [2.75, 3.05) is 11.8 Å². The lowest BCUT2D eigenvalue weighted by atomic mass is 10.1. The SMILES string of the molecule is CNS(=O)(=O)c1cccc(S(=O)(=O)Nc2ccccc2C(=O)NCc2ccc(C)cc2)c1. The first-order chi connectivity index (χ1) is 15.1. The van der Waals surface area contributed by atoms with Crippen molar-refractivity contribution in [3.8, 4) is 0 Å². The molecular formula is C22H23N3O5S2. The largest absolute Gasteiger partial charge is 0.348 e. The van der Waals surface area contributed by atoms with Gasteiger partial charge in [-0.2, -0.15) is 0 Å². The van der Waals surface area contributed by atoms with E-state index in [2.05, 4.69) is 14.8 Å². The smallest absolute Gasteiger partial charge is 0.261 e. The molecule has 0 spiro atoms. The first-order valence-electron chi connectivity index (χ1n) is 9.61. The number of amides is 1. The van der Waals surface area contributed by atoms with Crippen LogP contribution in [0.1, 0.15) is 21.5 Å². The molecule has 0 bridgehead atoms. The number of sulfonamides is 2. The fourth-order valence-electron chi connectivity index (χ4n) is 2.88. The summed E-state index contributed by atoms with van der Waals surface area (Å²) in [6.45, 7) is 2.25. The maximum Gasteiger partial charge on any atom is 0.261 e. The number of carbonyl (C=O) groups is 1. The molecule has 0 saturated heterocycles. The van der Waals surface area contributed by atoms with E-state index < -0.39 is 26.0 Å². The third kappa shape index (κ3) is 5.52. The molecule has 1 amide bonds.